The van der Waals surface area contributed by atoms with E-state index in [0.717, 1.165) is 0 Å². The molecule has 1 aromatic rings. The maximum atomic E-state index is 14.7. The lowest BCUT2D eigenvalue weighted by Gasteiger charge is -2.30. The van der Waals surface area contributed by atoms with Gasteiger partial charge in [0.05, 0.1) is 18.6 Å². The quantitative estimate of drug-likeness (QED) is 0.533. The maximum absolute atomic E-state index is 14.7. The Balaban J connectivity index is 1.91. The number of esters is 1. The van der Waals surface area contributed by atoms with E-state index >= 15 is 0 Å². The molecule has 0 aromatic heterocycles. The van der Waals surface area contributed by atoms with Crippen molar-refractivity contribution in [3.05, 3.63) is 34.6 Å². The summed E-state index contributed by atoms with van der Waals surface area (Å²) in [6.45, 7) is 9.17. The molecule has 8 heteroatoms. The topological polar surface area (TPSA) is 72.9 Å². The van der Waals surface area contributed by atoms with Crippen molar-refractivity contribution >= 4 is 29.4 Å². The summed E-state index contributed by atoms with van der Waals surface area (Å²) in [5, 5.41) is 0.397. The summed E-state index contributed by atoms with van der Waals surface area (Å²) in [6.07, 6.45) is 0.358. The van der Waals surface area contributed by atoms with Crippen LogP contribution in [-0.2, 0) is 24.5 Å². The third kappa shape index (κ3) is 4.77. The summed E-state index contributed by atoms with van der Waals surface area (Å²) in [5.74, 6) is -1.91. The highest BCUT2D eigenvalue weighted by Crippen LogP contribution is 2.63. The van der Waals surface area contributed by atoms with Gasteiger partial charge in [-0.1, -0.05) is 18.5 Å². The Morgan fingerprint density at radius 3 is 2.56 bits per heavy atom. The van der Waals surface area contributed by atoms with E-state index < -0.39 is 40.9 Å². The Kier molecular flexibility index (Phi) is 6.89. The summed E-state index contributed by atoms with van der Waals surface area (Å²) in [5.41, 5.74) is -1.02. The average molecular weight is 468 g/mol. The number of nitrogens with zero attached hydrogens (tertiary/aromatic N) is 1. The van der Waals surface area contributed by atoms with E-state index in [-0.39, 0.29) is 31.3 Å². The van der Waals surface area contributed by atoms with Gasteiger partial charge in [0.1, 0.15) is 11.4 Å². The lowest BCUT2D eigenvalue weighted by molar-refractivity contribution is -0.150. The van der Waals surface area contributed by atoms with Crippen molar-refractivity contribution in [2.45, 2.75) is 70.9 Å². The maximum Gasteiger partial charge on any atom is 0.410 e. The number of amides is 1. The second-order valence-corrected chi connectivity index (χ2v) is 10.1. The molecule has 0 bridgehead atoms. The van der Waals surface area contributed by atoms with Gasteiger partial charge in [0.25, 0.3) is 0 Å². The standard InChI is InChI=1S/C24H31ClFNO5/c1-6-14(21(29)31-7-2)10-19(28)20-17-12-24(17,16-11-15(25)8-9-18(16)26)13-27(20)22(30)32-23(3,4)5/h8-9,11,14,17,20H,6-7,10,12-13H2,1-5H3/t14?,17-,20?,24+/m0/s1. The number of rotatable bonds is 7. The molecule has 32 heavy (non-hydrogen) atoms. The van der Waals surface area contributed by atoms with Gasteiger partial charge in [0.2, 0.25) is 0 Å². The highest BCUT2D eigenvalue weighted by Gasteiger charge is 2.69. The lowest BCUT2D eigenvalue weighted by atomic mass is 9.91. The molecule has 176 valence electrons. The van der Waals surface area contributed by atoms with Gasteiger partial charge in [-0.25, -0.2) is 9.18 Å². The van der Waals surface area contributed by atoms with Crippen LogP contribution in [0.25, 0.3) is 0 Å². The number of hydrogen-bond acceptors (Lipinski definition) is 5. The SMILES string of the molecule is CCOC(=O)C(CC)CC(=O)C1[C@@H]2C[C@]2(c2cc(Cl)ccc2F)CN1C(=O)OC(C)(C)C. The lowest BCUT2D eigenvalue weighted by Crippen LogP contribution is -2.46. The van der Waals surface area contributed by atoms with Crippen LogP contribution in [0.2, 0.25) is 5.02 Å². The third-order valence-corrected chi connectivity index (χ3v) is 6.52. The summed E-state index contributed by atoms with van der Waals surface area (Å²) in [4.78, 5) is 40.0. The fraction of sp³-hybridized carbons (Fsp3) is 0.625. The van der Waals surface area contributed by atoms with Crippen LogP contribution in [0.5, 0.6) is 0 Å². The molecule has 3 rings (SSSR count). The zero-order valence-corrected chi connectivity index (χ0v) is 20.0. The second kappa shape index (κ2) is 9.00. The molecule has 2 aliphatic rings. The van der Waals surface area contributed by atoms with Gasteiger partial charge in [-0.2, -0.15) is 0 Å². The number of halogens is 2. The number of carbonyl (C=O) groups excluding carboxylic acids is 3. The van der Waals surface area contributed by atoms with Crippen LogP contribution in [0.15, 0.2) is 18.2 Å². The molecular weight excluding hydrogens is 437 g/mol. The molecule has 1 saturated heterocycles. The van der Waals surface area contributed by atoms with E-state index in [0.29, 0.717) is 23.4 Å². The van der Waals surface area contributed by atoms with Gasteiger partial charge < -0.3 is 9.47 Å². The number of ether oxygens (including phenoxy) is 2. The second-order valence-electron chi connectivity index (χ2n) is 9.67. The molecular formula is C24H31ClFNO5. The summed E-state index contributed by atoms with van der Waals surface area (Å²) >= 11 is 6.12. The van der Waals surface area contributed by atoms with Gasteiger partial charge >= 0.3 is 12.1 Å². The van der Waals surface area contributed by atoms with E-state index in [1.165, 1.54) is 17.0 Å². The zero-order chi connectivity index (χ0) is 23.8. The Hall–Kier alpha value is -2.15. The summed E-state index contributed by atoms with van der Waals surface area (Å²) in [6, 6.07) is 3.57. The first-order valence-corrected chi connectivity index (χ1v) is 11.5. The number of benzene rings is 1. The third-order valence-electron chi connectivity index (χ3n) is 6.29. The van der Waals surface area contributed by atoms with Crippen molar-refractivity contribution in [3.63, 3.8) is 0 Å². The van der Waals surface area contributed by atoms with Crippen LogP contribution in [0.4, 0.5) is 9.18 Å². The highest BCUT2D eigenvalue weighted by molar-refractivity contribution is 6.30. The van der Waals surface area contributed by atoms with Crippen molar-refractivity contribution in [1.29, 1.82) is 0 Å². The molecule has 4 atom stereocenters. The Bertz CT molecular complexity index is 914. The van der Waals surface area contributed by atoms with Crippen molar-refractivity contribution in [2.24, 2.45) is 11.8 Å². The highest BCUT2D eigenvalue weighted by atomic mass is 35.5. The van der Waals surface area contributed by atoms with Gasteiger partial charge in [-0.3, -0.25) is 14.5 Å². The first-order chi connectivity index (χ1) is 14.9. The van der Waals surface area contributed by atoms with E-state index in [2.05, 4.69) is 0 Å². The predicted octanol–water partition coefficient (Wildman–Crippen LogP) is 4.90. The Labute approximate surface area is 193 Å². The fourth-order valence-corrected chi connectivity index (χ4v) is 4.91. The van der Waals surface area contributed by atoms with E-state index in [9.17, 15) is 18.8 Å². The number of piperidine rings is 1. The number of carbonyl (C=O) groups is 3. The molecule has 1 aromatic carbocycles. The van der Waals surface area contributed by atoms with Gasteiger partial charge in [0, 0.05) is 23.4 Å². The molecule has 0 N–H and O–H groups in total. The number of hydrogen-bond donors (Lipinski definition) is 0. The Morgan fingerprint density at radius 1 is 1.28 bits per heavy atom. The molecule has 2 unspecified atom stereocenters. The van der Waals surface area contributed by atoms with Crippen LogP contribution < -0.4 is 0 Å². The molecule has 1 saturated carbocycles. The minimum atomic E-state index is -0.785. The monoisotopic (exact) mass is 467 g/mol. The van der Waals surface area contributed by atoms with Crippen molar-refractivity contribution in [2.75, 3.05) is 13.2 Å². The van der Waals surface area contributed by atoms with E-state index in [4.69, 9.17) is 21.1 Å². The fourth-order valence-electron chi connectivity index (χ4n) is 4.74. The summed E-state index contributed by atoms with van der Waals surface area (Å²) < 4.78 is 25.4. The normalized spacial score (nSPS) is 25.2. The molecule has 0 spiro atoms. The van der Waals surface area contributed by atoms with Gasteiger partial charge in [0.15, 0.2) is 5.78 Å². The van der Waals surface area contributed by atoms with Crippen LogP contribution in [-0.4, -0.2) is 47.5 Å². The van der Waals surface area contributed by atoms with Crippen molar-refractivity contribution in [3.8, 4) is 0 Å². The molecule has 1 aliphatic carbocycles. The van der Waals surface area contributed by atoms with E-state index in [1.54, 1.807) is 33.8 Å². The zero-order valence-electron chi connectivity index (χ0n) is 19.2. The molecule has 1 heterocycles. The number of likely N-dealkylation sites (tertiary alicyclic amines) is 1. The van der Waals surface area contributed by atoms with Crippen LogP contribution >= 0.6 is 11.6 Å². The van der Waals surface area contributed by atoms with Crippen LogP contribution in [0.1, 0.15) is 59.4 Å². The van der Waals surface area contributed by atoms with Crippen molar-refractivity contribution < 1.29 is 28.2 Å². The molecule has 6 nitrogen and oxygen atoms in total. The molecule has 2 fully saturated rings. The minimum absolute atomic E-state index is 0.0378. The molecule has 0 radical (unpaired) electrons. The number of fused-ring (bicyclic) bond motifs is 1. The van der Waals surface area contributed by atoms with E-state index in [1.807, 2.05) is 6.92 Å². The first kappa shape index (κ1) is 24.5. The number of Topliss-reactive ketones (excluding diaryl/α,β-unsaturated/α-hetero) is 1. The van der Waals surface area contributed by atoms with Crippen molar-refractivity contribution in [1.82, 2.24) is 4.90 Å². The minimum Gasteiger partial charge on any atom is -0.466 e. The number of ketones is 1. The summed E-state index contributed by atoms with van der Waals surface area (Å²) in [7, 11) is 0. The largest absolute Gasteiger partial charge is 0.466 e. The Morgan fingerprint density at radius 2 is 1.97 bits per heavy atom. The smallest absolute Gasteiger partial charge is 0.410 e. The van der Waals surface area contributed by atoms with Gasteiger partial charge in [-0.05, 0) is 70.2 Å². The first-order valence-electron chi connectivity index (χ1n) is 11.1. The van der Waals surface area contributed by atoms with Crippen LogP contribution in [0, 0.1) is 17.7 Å². The van der Waals surface area contributed by atoms with Crippen LogP contribution in [0.3, 0.4) is 0 Å². The predicted molar refractivity (Wildman–Crippen MR) is 118 cm³/mol. The molecule has 1 aliphatic heterocycles. The average Bonchev–Trinajstić information content (AvgIpc) is 3.31. The van der Waals surface area contributed by atoms with Gasteiger partial charge in [-0.15, -0.1) is 0 Å². The molecule has 1 amide bonds.